The largest absolute Gasteiger partial charge is 0.348 e. The predicted molar refractivity (Wildman–Crippen MR) is 120 cm³/mol. The fourth-order valence-electron chi connectivity index (χ4n) is 3.74. The van der Waals surface area contributed by atoms with Crippen LogP contribution in [0, 0.1) is 0 Å². The van der Waals surface area contributed by atoms with Gasteiger partial charge < -0.3 is 5.32 Å². The second kappa shape index (κ2) is 10.2. The van der Waals surface area contributed by atoms with E-state index in [2.05, 4.69) is 22.3 Å². The minimum absolute atomic E-state index is 0.207. The van der Waals surface area contributed by atoms with Gasteiger partial charge in [-0.15, -0.1) is 0 Å². The number of nitrogens with one attached hydrogen (secondary N) is 1. The van der Waals surface area contributed by atoms with Crippen LogP contribution >= 0.6 is 0 Å². The maximum Gasteiger partial charge on any atom is 0.251 e. The van der Waals surface area contributed by atoms with Crippen LogP contribution in [0.4, 0.5) is 0 Å². The highest BCUT2D eigenvalue weighted by atomic mass is 32.2. The van der Waals surface area contributed by atoms with Crippen molar-refractivity contribution in [2.24, 2.45) is 0 Å². The quantitative estimate of drug-likeness (QED) is 0.719. The lowest BCUT2D eigenvalue weighted by Gasteiger charge is -2.20. The zero-order valence-electron chi connectivity index (χ0n) is 17.9. The lowest BCUT2D eigenvalue weighted by atomic mass is 10.1. The molecule has 0 bridgehead atoms. The molecular formula is C24H32N2O3S. The van der Waals surface area contributed by atoms with Crippen molar-refractivity contribution in [3.63, 3.8) is 0 Å². The van der Waals surface area contributed by atoms with Crippen LogP contribution in [0.25, 0.3) is 0 Å². The molecule has 0 aromatic heterocycles. The Morgan fingerprint density at radius 1 is 0.967 bits per heavy atom. The summed E-state index contributed by atoms with van der Waals surface area (Å²) < 4.78 is 24.4. The zero-order chi connectivity index (χ0) is 21.6. The normalized spacial score (nSPS) is 15.7. The average molecular weight is 429 g/mol. The van der Waals surface area contributed by atoms with Crippen LogP contribution in [-0.2, 0) is 22.9 Å². The minimum Gasteiger partial charge on any atom is -0.348 e. The topological polar surface area (TPSA) is 66.5 Å². The van der Waals surface area contributed by atoms with Crippen molar-refractivity contribution in [3.05, 3.63) is 65.2 Å². The summed E-state index contributed by atoms with van der Waals surface area (Å²) in [6.45, 7) is 7.01. The van der Waals surface area contributed by atoms with Crippen molar-refractivity contribution in [1.29, 1.82) is 0 Å². The second-order valence-electron chi connectivity index (χ2n) is 8.31. The number of carbonyl (C=O) groups excluding carboxylic acids is 1. The number of benzene rings is 2. The molecule has 162 valence electrons. The van der Waals surface area contributed by atoms with Gasteiger partial charge in [0.05, 0.1) is 10.1 Å². The Hall–Kier alpha value is -2.18. The summed E-state index contributed by atoms with van der Waals surface area (Å²) in [7, 11) is -3.33. The first-order chi connectivity index (χ1) is 14.4. The number of hydrogen-bond donors (Lipinski definition) is 1. The summed E-state index contributed by atoms with van der Waals surface area (Å²) in [4.78, 5) is 15.2. The molecule has 30 heavy (non-hydrogen) atoms. The number of likely N-dealkylation sites (tertiary alicyclic amines) is 1. The fraction of sp³-hybridized carbons (Fsp3) is 0.458. The molecule has 0 spiro atoms. The third kappa shape index (κ3) is 5.92. The molecule has 1 aliphatic rings. The van der Waals surface area contributed by atoms with Crippen molar-refractivity contribution in [1.82, 2.24) is 10.2 Å². The number of hydrogen-bond acceptors (Lipinski definition) is 4. The van der Waals surface area contributed by atoms with Crippen molar-refractivity contribution in [2.75, 3.05) is 13.1 Å². The SMILES string of the molecule is CC(C)S(=O)(=O)c1ccc(C(=O)NCc2cccc(CN3CCCCCC3)c2)cc1. The number of nitrogens with zero attached hydrogens (tertiary/aromatic N) is 1. The van der Waals surface area contributed by atoms with E-state index in [0.29, 0.717) is 12.1 Å². The molecule has 0 aliphatic carbocycles. The summed E-state index contributed by atoms with van der Waals surface area (Å²) in [6.07, 6.45) is 5.19. The van der Waals surface area contributed by atoms with Gasteiger partial charge in [0.25, 0.3) is 5.91 Å². The van der Waals surface area contributed by atoms with Gasteiger partial charge in [0, 0.05) is 18.7 Å². The molecular weight excluding hydrogens is 396 g/mol. The maximum atomic E-state index is 12.5. The third-order valence-corrected chi connectivity index (χ3v) is 7.79. The second-order valence-corrected chi connectivity index (χ2v) is 10.8. The van der Waals surface area contributed by atoms with E-state index in [1.165, 1.54) is 43.4 Å². The molecule has 1 saturated heterocycles. The van der Waals surface area contributed by atoms with E-state index >= 15 is 0 Å². The zero-order valence-corrected chi connectivity index (χ0v) is 18.7. The molecule has 1 aliphatic heterocycles. The number of amides is 1. The summed E-state index contributed by atoms with van der Waals surface area (Å²) >= 11 is 0. The smallest absolute Gasteiger partial charge is 0.251 e. The lowest BCUT2D eigenvalue weighted by Crippen LogP contribution is -2.24. The molecule has 1 fully saturated rings. The molecule has 5 nitrogen and oxygen atoms in total. The van der Waals surface area contributed by atoms with Gasteiger partial charge in [-0.2, -0.15) is 0 Å². The van der Waals surface area contributed by atoms with Crippen molar-refractivity contribution >= 4 is 15.7 Å². The number of carbonyl (C=O) groups is 1. The van der Waals surface area contributed by atoms with E-state index in [-0.39, 0.29) is 10.8 Å². The van der Waals surface area contributed by atoms with Crippen LogP contribution in [0.5, 0.6) is 0 Å². The Kier molecular flexibility index (Phi) is 7.67. The van der Waals surface area contributed by atoms with E-state index in [1.54, 1.807) is 26.0 Å². The highest BCUT2D eigenvalue weighted by molar-refractivity contribution is 7.92. The highest BCUT2D eigenvalue weighted by Crippen LogP contribution is 2.17. The molecule has 0 unspecified atom stereocenters. The van der Waals surface area contributed by atoms with Gasteiger partial charge >= 0.3 is 0 Å². The van der Waals surface area contributed by atoms with Crippen LogP contribution in [-0.4, -0.2) is 37.6 Å². The Balaban J connectivity index is 1.58. The summed E-state index contributed by atoms with van der Waals surface area (Å²) in [6, 6.07) is 14.5. The van der Waals surface area contributed by atoms with Gasteiger partial charge in [-0.1, -0.05) is 37.1 Å². The van der Waals surface area contributed by atoms with E-state index < -0.39 is 15.1 Å². The molecule has 1 N–H and O–H groups in total. The van der Waals surface area contributed by atoms with E-state index in [1.807, 2.05) is 12.1 Å². The van der Waals surface area contributed by atoms with Gasteiger partial charge in [0.2, 0.25) is 0 Å². The van der Waals surface area contributed by atoms with Crippen LogP contribution in [0.2, 0.25) is 0 Å². The summed E-state index contributed by atoms with van der Waals surface area (Å²) in [5, 5.41) is 2.45. The molecule has 2 aromatic carbocycles. The molecule has 1 amide bonds. The Bertz CT molecular complexity index is 945. The van der Waals surface area contributed by atoms with Crippen molar-refractivity contribution in [3.8, 4) is 0 Å². The first kappa shape index (κ1) is 22.5. The Morgan fingerprint density at radius 2 is 1.60 bits per heavy atom. The van der Waals surface area contributed by atoms with Gasteiger partial charge in [0.1, 0.15) is 0 Å². The van der Waals surface area contributed by atoms with Crippen molar-refractivity contribution < 1.29 is 13.2 Å². The number of rotatable bonds is 7. The predicted octanol–water partition coefficient (Wildman–Crippen LogP) is 4.17. The van der Waals surface area contributed by atoms with Gasteiger partial charge in [0.15, 0.2) is 9.84 Å². The monoisotopic (exact) mass is 428 g/mol. The van der Waals surface area contributed by atoms with Gasteiger partial charge in [-0.05, 0) is 75.2 Å². The van der Waals surface area contributed by atoms with E-state index in [9.17, 15) is 13.2 Å². The molecule has 0 atom stereocenters. The third-order valence-electron chi connectivity index (χ3n) is 5.61. The first-order valence-corrected chi connectivity index (χ1v) is 12.3. The van der Waals surface area contributed by atoms with E-state index in [0.717, 1.165) is 25.2 Å². The van der Waals surface area contributed by atoms with Gasteiger partial charge in [-0.3, -0.25) is 9.69 Å². The molecule has 6 heteroatoms. The van der Waals surface area contributed by atoms with Crippen LogP contribution in [0.15, 0.2) is 53.4 Å². The summed E-state index contributed by atoms with van der Waals surface area (Å²) in [5.41, 5.74) is 2.79. The maximum absolute atomic E-state index is 12.5. The van der Waals surface area contributed by atoms with E-state index in [4.69, 9.17) is 0 Å². The van der Waals surface area contributed by atoms with Crippen molar-refractivity contribution in [2.45, 2.75) is 62.8 Å². The first-order valence-electron chi connectivity index (χ1n) is 10.8. The molecule has 3 rings (SSSR count). The molecule has 0 saturated carbocycles. The molecule has 1 heterocycles. The molecule has 0 radical (unpaired) electrons. The average Bonchev–Trinajstić information content (AvgIpc) is 3.01. The highest BCUT2D eigenvalue weighted by Gasteiger charge is 2.19. The van der Waals surface area contributed by atoms with Crippen LogP contribution < -0.4 is 5.32 Å². The van der Waals surface area contributed by atoms with Crippen LogP contribution in [0.1, 0.15) is 61.0 Å². The Morgan fingerprint density at radius 3 is 2.23 bits per heavy atom. The fourth-order valence-corrected chi connectivity index (χ4v) is 4.80. The Labute approximate surface area is 180 Å². The van der Waals surface area contributed by atoms with Gasteiger partial charge in [-0.25, -0.2) is 8.42 Å². The lowest BCUT2D eigenvalue weighted by molar-refractivity contribution is 0.0951. The molecule has 2 aromatic rings. The minimum atomic E-state index is -3.33. The van der Waals surface area contributed by atoms with Crippen LogP contribution in [0.3, 0.4) is 0 Å². The summed E-state index contributed by atoms with van der Waals surface area (Å²) in [5.74, 6) is -0.207. The number of sulfone groups is 1. The standard InChI is InChI=1S/C24H32N2O3S/c1-19(2)30(28,29)23-12-10-22(11-13-23)24(27)25-17-20-8-7-9-21(16-20)18-26-14-5-3-4-6-15-26/h7-13,16,19H,3-6,14-15,17-18H2,1-2H3,(H,25,27).